The lowest BCUT2D eigenvalue weighted by atomic mass is 10.0. The molecule has 0 bridgehead atoms. The van der Waals surface area contributed by atoms with Crippen molar-refractivity contribution in [3.05, 3.63) is 17.5 Å². The number of rotatable bonds is 7. The summed E-state index contributed by atoms with van der Waals surface area (Å²) in [6.45, 7) is 3.12. The molecule has 0 aromatic carbocycles. The second-order valence-electron chi connectivity index (χ2n) is 7.22. The summed E-state index contributed by atoms with van der Waals surface area (Å²) < 4.78 is 27.1. The van der Waals surface area contributed by atoms with Crippen molar-refractivity contribution in [1.29, 1.82) is 0 Å². The van der Waals surface area contributed by atoms with Crippen molar-refractivity contribution in [2.75, 3.05) is 33.2 Å². The van der Waals surface area contributed by atoms with E-state index in [-0.39, 0.29) is 0 Å². The number of guanidine groups is 1. The fourth-order valence-corrected chi connectivity index (χ4v) is 5.99. The Labute approximate surface area is 166 Å². The van der Waals surface area contributed by atoms with E-state index in [2.05, 4.69) is 25.2 Å². The highest BCUT2D eigenvalue weighted by molar-refractivity contribution is 7.91. The van der Waals surface area contributed by atoms with E-state index >= 15 is 0 Å². The van der Waals surface area contributed by atoms with Gasteiger partial charge in [0.1, 0.15) is 4.21 Å². The van der Waals surface area contributed by atoms with Gasteiger partial charge in [0.25, 0.3) is 0 Å². The number of piperidine rings is 1. The van der Waals surface area contributed by atoms with Gasteiger partial charge >= 0.3 is 0 Å². The number of likely N-dealkylation sites (tertiary alicyclic amines) is 1. The van der Waals surface area contributed by atoms with Gasteiger partial charge in [-0.05, 0) is 37.1 Å². The molecule has 2 aliphatic rings. The number of aliphatic imine (C=N–C) groups is 1. The van der Waals surface area contributed by atoms with Crippen molar-refractivity contribution < 1.29 is 8.42 Å². The van der Waals surface area contributed by atoms with E-state index in [1.54, 1.807) is 24.6 Å². The summed E-state index contributed by atoms with van der Waals surface area (Å²) in [6, 6.07) is 4.58. The van der Waals surface area contributed by atoms with Crippen LogP contribution in [0.3, 0.4) is 0 Å². The monoisotopic (exact) mass is 413 g/mol. The predicted octanol–water partition coefficient (Wildman–Crippen LogP) is 1.60. The normalized spacial score (nSPS) is 20.9. The van der Waals surface area contributed by atoms with E-state index < -0.39 is 10.0 Å². The van der Waals surface area contributed by atoms with Crippen LogP contribution in [0.2, 0.25) is 0 Å². The molecule has 3 rings (SSSR count). The SMILES string of the molecule is CN=C(NCCNS(=O)(=O)c1cccs1)NC1CCN(C2CCCC2)CC1. The van der Waals surface area contributed by atoms with E-state index in [9.17, 15) is 8.42 Å². The maximum atomic E-state index is 12.1. The Hall–Kier alpha value is -1.16. The van der Waals surface area contributed by atoms with Crippen molar-refractivity contribution in [2.24, 2.45) is 4.99 Å². The first-order valence-electron chi connectivity index (χ1n) is 9.83. The zero-order valence-corrected chi connectivity index (χ0v) is 17.6. The van der Waals surface area contributed by atoms with Crippen molar-refractivity contribution in [1.82, 2.24) is 20.3 Å². The van der Waals surface area contributed by atoms with Crippen LogP contribution in [0.15, 0.2) is 26.7 Å². The van der Waals surface area contributed by atoms with Crippen molar-refractivity contribution in [3.63, 3.8) is 0 Å². The van der Waals surface area contributed by atoms with Crippen LogP contribution in [0.4, 0.5) is 0 Å². The fraction of sp³-hybridized carbons (Fsp3) is 0.722. The second kappa shape index (κ2) is 9.86. The van der Waals surface area contributed by atoms with Crippen LogP contribution in [0.25, 0.3) is 0 Å². The quantitative estimate of drug-likeness (QED) is 0.359. The van der Waals surface area contributed by atoms with E-state index in [0.29, 0.717) is 23.3 Å². The van der Waals surface area contributed by atoms with Crippen LogP contribution >= 0.6 is 11.3 Å². The van der Waals surface area contributed by atoms with Gasteiger partial charge in [-0.2, -0.15) is 0 Å². The zero-order valence-electron chi connectivity index (χ0n) is 16.0. The van der Waals surface area contributed by atoms with Gasteiger partial charge in [-0.3, -0.25) is 4.99 Å². The molecule has 9 heteroatoms. The molecular weight excluding hydrogens is 382 g/mol. The first-order valence-corrected chi connectivity index (χ1v) is 12.2. The molecule has 2 heterocycles. The van der Waals surface area contributed by atoms with Crippen molar-refractivity contribution in [3.8, 4) is 0 Å². The molecule has 1 aromatic rings. The molecular formula is C18H31N5O2S2. The van der Waals surface area contributed by atoms with Crippen LogP contribution in [0.1, 0.15) is 38.5 Å². The van der Waals surface area contributed by atoms with Gasteiger partial charge in [0, 0.05) is 45.3 Å². The fourth-order valence-electron chi connectivity index (χ4n) is 3.92. The Morgan fingerprint density at radius 2 is 1.96 bits per heavy atom. The number of hydrogen-bond donors (Lipinski definition) is 3. The number of thiophene rings is 1. The molecule has 27 heavy (non-hydrogen) atoms. The summed E-state index contributed by atoms with van der Waals surface area (Å²) in [6.07, 6.45) is 7.75. The highest BCUT2D eigenvalue weighted by Gasteiger charge is 2.27. The number of hydrogen-bond acceptors (Lipinski definition) is 5. The molecule has 2 fully saturated rings. The number of sulfonamides is 1. The van der Waals surface area contributed by atoms with Gasteiger partial charge in [-0.1, -0.05) is 18.9 Å². The Morgan fingerprint density at radius 3 is 2.59 bits per heavy atom. The van der Waals surface area contributed by atoms with Crippen molar-refractivity contribution >= 4 is 27.3 Å². The van der Waals surface area contributed by atoms with Crippen LogP contribution < -0.4 is 15.4 Å². The second-order valence-corrected chi connectivity index (χ2v) is 10.2. The van der Waals surface area contributed by atoms with Crippen LogP contribution in [-0.4, -0.2) is 64.6 Å². The molecule has 0 atom stereocenters. The highest BCUT2D eigenvalue weighted by Crippen LogP contribution is 2.26. The van der Waals surface area contributed by atoms with Gasteiger partial charge in [0.05, 0.1) is 0 Å². The third-order valence-corrected chi connectivity index (χ3v) is 8.26. The van der Waals surface area contributed by atoms with Gasteiger partial charge in [0.2, 0.25) is 10.0 Å². The molecule has 1 saturated carbocycles. The highest BCUT2D eigenvalue weighted by atomic mass is 32.2. The lowest BCUT2D eigenvalue weighted by Crippen LogP contribution is -2.51. The largest absolute Gasteiger partial charge is 0.355 e. The summed E-state index contributed by atoms with van der Waals surface area (Å²) in [4.78, 5) is 6.92. The summed E-state index contributed by atoms with van der Waals surface area (Å²) in [5, 5.41) is 8.44. The molecule has 0 spiro atoms. The van der Waals surface area contributed by atoms with E-state index in [4.69, 9.17) is 0 Å². The molecule has 0 unspecified atom stereocenters. The average molecular weight is 414 g/mol. The predicted molar refractivity (Wildman–Crippen MR) is 111 cm³/mol. The van der Waals surface area contributed by atoms with E-state index in [0.717, 1.165) is 37.9 Å². The Kier molecular flexibility index (Phi) is 7.51. The van der Waals surface area contributed by atoms with Crippen LogP contribution in [-0.2, 0) is 10.0 Å². The molecule has 3 N–H and O–H groups in total. The molecule has 1 saturated heterocycles. The molecule has 7 nitrogen and oxygen atoms in total. The van der Waals surface area contributed by atoms with E-state index in [1.807, 2.05) is 0 Å². The maximum absolute atomic E-state index is 12.1. The summed E-state index contributed by atoms with van der Waals surface area (Å²) >= 11 is 1.22. The van der Waals surface area contributed by atoms with E-state index in [1.165, 1.54) is 37.0 Å². The first-order chi connectivity index (χ1) is 13.1. The lowest BCUT2D eigenvalue weighted by molar-refractivity contribution is 0.150. The Morgan fingerprint density at radius 1 is 1.22 bits per heavy atom. The number of nitrogens with one attached hydrogen (secondary N) is 3. The topological polar surface area (TPSA) is 85.8 Å². The third-order valence-electron chi connectivity index (χ3n) is 5.40. The maximum Gasteiger partial charge on any atom is 0.250 e. The zero-order chi connectivity index (χ0) is 19.1. The molecule has 1 aromatic heterocycles. The van der Waals surface area contributed by atoms with Gasteiger partial charge in [-0.25, -0.2) is 13.1 Å². The lowest BCUT2D eigenvalue weighted by Gasteiger charge is -2.36. The summed E-state index contributed by atoms with van der Waals surface area (Å²) in [7, 11) is -1.65. The van der Waals surface area contributed by atoms with Gasteiger partial charge in [-0.15, -0.1) is 11.3 Å². The third kappa shape index (κ3) is 5.91. The average Bonchev–Trinajstić information content (AvgIpc) is 3.39. The first kappa shape index (κ1) is 20.6. The molecule has 152 valence electrons. The van der Waals surface area contributed by atoms with Gasteiger partial charge < -0.3 is 15.5 Å². The minimum Gasteiger partial charge on any atom is -0.355 e. The molecule has 0 radical (unpaired) electrons. The number of nitrogens with zero attached hydrogens (tertiary/aromatic N) is 2. The van der Waals surface area contributed by atoms with Crippen LogP contribution in [0, 0.1) is 0 Å². The smallest absolute Gasteiger partial charge is 0.250 e. The minimum atomic E-state index is -3.40. The standard InChI is InChI=1S/C18H31N5O2S2/c1-19-18(20-10-11-21-27(24,25)17-7-4-14-26-17)22-15-8-12-23(13-9-15)16-5-2-3-6-16/h4,7,14-16,21H,2-3,5-6,8-13H2,1H3,(H2,19,20,22). The Bertz CT molecular complexity index is 691. The minimum absolute atomic E-state index is 0.320. The molecule has 0 amide bonds. The summed E-state index contributed by atoms with van der Waals surface area (Å²) in [5.74, 6) is 0.740. The van der Waals surface area contributed by atoms with Crippen molar-refractivity contribution in [2.45, 2.75) is 54.8 Å². The molecule has 1 aliphatic carbocycles. The Balaban J connectivity index is 1.35. The molecule has 1 aliphatic heterocycles. The van der Waals surface area contributed by atoms with Crippen LogP contribution in [0.5, 0.6) is 0 Å². The van der Waals surface area contributed by atoms with Gasteiger partial charge in [0.15, 0.2) is 5.96 Å². The summed E-state index contributed by atoms with van der Waals surface area (Å²) in [5.41, 5.74) is 0.